The van der Waals surface area contributed by atoms with Gasteiger partial charge in [0.25, 0.3) is 0 Å². The van der Waals surface area contributed by atoms with Gasteiger partial charge in [0.1, 0.15) is 11.6 Å². The molecule has 3 rings (SSSR count). The molecule has 0 aromatic heterocycles. The second kappa shape index (κ2) is 6.95. The largest absolute Gasteiger partial charge is 0.494 e. The minimum Gasteiger partial charge on any atom is -0.494 e. The molecule has 2 aromatic rings. The highest BCUT2D eigenvalue weighted by Gasteiger charge is 2.45. The summed E-state index contributed by atoms with van der Waals surface area (Å²) in [6.45, 7) is 0. The normalized spacial score (nSPS) is 18.9. The van der Waals surface area contributed by atoms with E-state index in [1.807, 2.05) is 0 Å². The van der Waals surface area contributed by atoms with Crippen LogP contribution in [0, 0.1) is 11.7 Å². The third-order valence-electron chi connectivity index (χ3n) is 4.20. The van der Waals surface area contributed by atoms with Crippen LogP contribution >= 0.6 is 0 Å². The van der Waals surface area contributed by atoms with Crippen LogP contribution in [-0.4, -0.2) is 27.7 Å². The standard InChI is InChI=1S/C18H19FN2O4S/c1-25-17-9-11(7-8-16(17)21-26(2,23)24)20-18(22)14-10-13(14)12-5-3-4-6-15(12)19/h3-9,13-14,21H,10H2,1-2H3,(H,20,22)/t13-,14+/m1/s1. The lowest BCUT2D eigenvalue weighted by Crippen LogP contribution is -2.15. The van der Waals surface area contributed by atoms with Crippen molar-refractivity contribution < 1.29 is 22.3 Å². The van der Waals surface area contributed by atoms with E-state index in [0.29, 0.717) is 17.7 Å². The second-order valence-electron chi connectivity index (χ2n) is 6.25. The van der Waals surface area contributed by atoms with Gasteiger partial charge in [-0.15, -0.1) is 0 Å². The van der Waals surface area contributed by atoms with E-state index >= 15 is 0 Å². The highest BCUT2D eigenvalue weighted by atomic mass is 32.2. The Hall–Kier alpha value is -2.61. The molecule has 1 aliphatic carbocycles. The molecule has 2 aromatic carbocycles. The maximum Gasteiger partial charge on any atom is 0.229 e. The highest BCUT2D eigenvalue weighted by Crippen LogP contribution is 2.48. The van der Waals surface area contributed by atoms with E-state index in [1.54, 1.807) is 24.3 Å². The first kappa shape index (κ1) is 18.2. The molecule has 1 amide bonds. The number of benzene rings is 2. The number of carbonyl (C=O) groups is 1. The summed E-state index contributed by atoms with van der Waals surface area (Å²) in [5.74, 6) is -0.625. The lowest BCUT2D eigenvalue weighted by atomic mass is 10.1. The summed E-state index contributed by atoms with van der Waals surface area (Å²) in [6, 6.07) is 11.1. The topological polar surface area (TPSA) is 84.5 Å². The molecule has 2 atom stereocenters. The Bertz CT molecular complexity index is 946. The van der Waals surface area contributed by atoms with Crippen molar-refractivity contribution in [1.29, 1.82) is 0 Å². The van der Waals surface area contributed by atoms with Gasteiger partial charge in [-0.1, -0.05) is 18.2 Å². The van der Waals surface area contributed by atoms with Crippen molar-refractivity contribution in [2.45, 2.75) is 12.3 Å². The molecule has 0 spiro atoms. The van der Waals surface area contributed by atoms with E-state index in [9.17, 15) is 17.6 Å². The molecule has 0 aliphatic heterocycles. The average molecular weight is 378 g/mol. The summed E-state index contributed by atoms with van der Waals surface area (Å²) in [7, 11) is -2.04. The molecule has 26 heavy (non-hydrogen) atoms. The smallest absolute Gasteiger partial charge is 0.229 e. The van der Waals surface area contributed by atoms with Crippen LogP contribution in [-0.2, 0) is 14.8 Å². The Morgan fingerprint density at radius 1 is 1.23 bits per heavy atom. The lowest BCUT2D eigenvalue weighted by molar-refractivity contribution is -0.117. The fourth-order valence-corrected chi connectivity index (χ4v) is 3.46. The van der Waals surface area contributed by atoms with Gasteiger partial charge in [-0.05, 0) is 36.1 Å². The van der Waals surface area contributed by atoms with Crippen LogP contribution in [0.15, 0.2) is 42.5 Å². The summed E-state index contributed by atoms with van der Waals surface area (Å²) in [5, 5.41) is 2.77. The molecule has 0 saturated heterocycles. The lowest BCUT2D eigenvalue weighted by Gasteiger charge is -2.12. The number of hydrogen-bond donors (Lipinski definition) is 2. The zero-order chi connectivity index (χ0) is 18.9. The number of amides is 1. The summed E-state index contributed by atoms with van der Waals surface area (Å²) in [6.07, 6.45) is 1.63. The van der Waals surface area contributed by atoms with Gasteiger partial charge in [-0.2, -0.15) is 0 Å². The van der Waals surface area contributed by atoms with Crippen molar-refractivity contribution >= 4 is 27.3 Å². The minimum absolute atomic E-state index is 0.121. The van der Waals surface area contributed by atoms with Crippen molar-refractivity contribution in [1.82, 2.24) is 0 Å². The molecule has 0 bridgehead atoms. The van der Waals surface area contributed by atoms with Crippen molar-refractivity contribution in [2.24, 2.45) is 5.92 Å². The molecule has 2 N–H and O–H groups in total. The molecule has 8 heteroatoms. The quantitative estimate of drug-likeness (QED) is 0.809. The van der Waals surface area contributed by atoms with Gasteiger partial charge in [-0.3, -0.25) is 9.52 Å². The van der Waals surface area contributed by atoms with Crippen molar-refractivity contribution in [3.63, 3.8) is 0 Å². The zero-order valence-electron chi connectivity index (χ0n) is 14.3. The first-order valence-corrected chi connectivity index (χ1v) is 9.89. The van der Waals surface area contributed by atoms with Crippen LogP contribution < -0.4 is 14.8 Å². The Morgan fingerprint density at radius 3 is 2.62 bits per heavy atom. The maximum absolute atomic E-state index is 13.8. The van der Waals surface area contributed by atoms with E-state index in [4.69, 9.17) is 4.74 Å². The first-order valence-electron chi connectivity index (χ1n) is 7.99. The van der Waals surface area contributed by atoms with Crippen LogP contribution in [0.2, 0.25) is 0 Å². The molecule has 0 radical (unpaired) electrons. The van der Waals surface area contributed by atoms with Crippen molar-refractivity contribution in [3.8, 4) is 5.75 Å². The predicted molar refractivity (Wildman–Crippen MR) is 97.3 cm³/mol. The molecule has 6 nitrogen and oxygen atoms in total. The molecule has 1 fully saturated rings. The third-order valence-corrected chi connectivity index (χ3v) is 4.79. The monoisotopic (exact) mass is 378 g/mol. The molecule has 0 unspecified atom stereocenters. The molecule has 1 saturated carbocycles. The van der Waals surface area contributed by atoms with E-state index in [0.717, 1.165) is 6.26 Å². The van der Waals surface area contributed by atoms with Crippen LogP contribution in [0.3, 0.4) is 0 Å². The zero-order valence-corrected chi connectivity index (χ0v) is 15.1. The van der Waals surface area contributed by atoms with Crippen LogP contribution in [0.4, 0.5) is 15.8 Å². The van der Waals surface area contributed by atoms with Gasteiger partial charge in [-0.25, -0.2) is 12.8 Å². The number of sulfonamides is 1. The summed E-state index contributed by atoms with van der Waals surface area (Å²) in [5.41, 5.74) is 1.31. The van der Waals surface area contributed by atoms with Crippen LogP contribution in [0.5, 0.6) is 5.75 Å². The number of nitrogens with one attached hydrogen (secondary N) is 2. The van der Waals surface area contributed by atoms with Gasteiger partial charge in [0.2, 0.25) is 15.9 Å². The first-order chi connectivity index (χ1) is 12.3. The summed E-state index contributed by atoms with van der Waals surface area (Å²) in [4.78, 5) is 12.4. The fraction of sp³-hybridized carbons (Fsp3) is 0.278. The van der Waals surface area contributed by atoms with Crippen molar-refractivity contribution in [3.05, 3.63) is 53.8 Å². The number of methoxy groups -OCH3 is 1. The van der Waals surface area contributed by atoms with Gasteiger partial charge < -0.3 is 10.1 Å². The van der Waals surface area contributed by atoms with Gasteiger partial charge in [0.15, 0.2) is 0 Å². The Morgan fingerprint density at radius 2 is 1.96 bits per heavy atom. The van der Waals surface area contributed by atoms with Gasteiger partial charge in [0, 0.05) is 17.7 Å². The Kier molecular flexibility index (Phi) is 4.86. The maximum atomic E-state index is 13.8. The minimum atomic E-state index is -3.44. The van der Waals surface area contributed by atoms with E-state index in [-0.39, 0.29) is 35.0 Å². The van der Waals surface area contributed by atoms with Gasteiger partial charge >= 0.3 is 0 Å². The summed E-state index contributed by atoms with van der Waals surface area (Å²) >= 11 is 0. The number of rotatable bonds is 6. The number of ether oxygens (including phenoxy) is 1. The Labute approximate surface area is 151 Å². The highest BCUT2D eigenvalue weighted by molar-refractivity contribution is 7.92. The van der Waals surface area contributed by atoms with Gasteiger partial charge in [0.05, 0.1) is 19.1 Å². The molecule has 1 aliphatic rings. The molecular formula is C18H19FN2O4S. The van der Waals surface area contributed by atoms with Crippen molar-refractivity contribution in [2.75, 3.05) is 23.4 Å². The SMILES string of the molecule is COc1cc(NC(=O)[C@H]2C[C@@H]2c2ccccc2F)ccc1NS(C)(=O)=O. The molecular weight excluding hydrogens is 359 g/mol. The van der Waals surface area contributed by atoms with Crippen LogP contribution in [0.25, 0.3) is 0 Å². The number of carbonyl (C=O) groups excluding carboxylic acids is 1. The molecule has 0 heterocycles. The number of halogens is 1. The van der Waals surface area contributed by atoms with E-state index < -0.39 is 10.0 Å². The number of anilines is 2. The number of hydrogen-bond acceptors (Lipinski definition) is 4. The summed E-state index contributed by atoms with van der Waals surface area (Å²) < 4.78 is 44.1. The van der Waals surface area contributed by atoms with E-state index in [2.05, 4.69) is 10.0 Å². The predicted octanol–water partition coefficient (Wildman–Crippen LogP) is 2.95. The fourth-order valence-electron chi connectivity index (χ4n) is 2.89. The average Bonchev–Trinajstić information content (AvgIpc) is 3.36. The molecule has 138 valence electrons. The Balaban J connectivity index is 1.70. The second-order valence-corrected chi connectivity index (χ2v) is 8.00. The van der Waals surface area contributed by atoms with Crippen LogP contribution in [0.1, 0.15) is 17.9 Å². The third kappa shape index (κ3) is 4.13. The van der Waals surface area contributed by atoms with E-state index in [1.165, 1.54) is 25.3 Å².